The first-order valence-corrected chi connectivity index (χ1v) is 3.03. The third-order valence-electron chi connectivity index (χ3n) is 1.22. The highest BCUT2D eigenvalue weighted by molar-refractivity contribution is 5.81. The lowest BCUT2D eigenvalue weighted by atomic mass is 10.6. The van der Waals surface area contributed by atoms with Crippen molar-refractivity contribution in [2.45, 2.75) is 6.92 Å². The van der Waals surface area contributed by atoms with Crippen molar-refractivity contribution in [2.24, 2.45) is 0 Å². The third kappa shape index (κ3) is 1.00. The monoisotopic (exact) mass is 138 g/mol. The maximum absolute atomic E-state index is 7.26. The maximum atomic E-state index is 7.26. The van der Waals surface area contributed by atoms with Crippen LogP contribution in [0.4, 0.5) is 5.82 Å². The Hall–Kier alpha value is -1.32. The maximum Gasteiger partial charge on any atom is 0.130 e. The molecule has 2 N–H and O–H groups in total. The smallest absolute Gasteiger partial charge is 0.130 e. The van der Waals surface area contributed by atoms with E-state index in [1.54, 1.807) is 20.2 Å². The number of nitrogens with one attached hydrogen (secondary N) is 2. The highest BCUT2D eigenvalue weighted by Gasteiger charge is 1.98. The topological polar surface area (TPSA) is 53.7 Å². The number of aromatic nitrogens is 2. The van der Waals surface area contributed by atoms with Gasteiger partial charge in [0.05, 0.1) is 6.20 Å². The van der Waals surface area contributed by atoms with Gasteiger partial charge in [-0.15, -0.1) is 0 Å². The molecule has 0 aliphatic rings. The van der Waals surface area contributed by atoms with Gasteiger partial charge in [-0.2, -0.15) is 5.10 Å². The Balaban J connectivity index is 3.01. The van der Waals surface area contributed by atoms with Crippen LogP contribution in [0.3, 0.4) is 0 Å². The van der Waals surface area contributed by atoms with Crippen molar-refractivity contribution in [3.63, 3.8) is 0 Å². The van der Waals surface area contributed by atoms with Gasteiger partial charge in [0.1, 0.15) is 11.7 Å². The van der Waals surface area contributed by atoms with Crippen molar-refractivity contribution in [1.29, 1.82) is 5.41 Å². The minimum absolute atomic E-state index is 0.411. The molecule has 0 unspecified atom stereocenters. The molecule has 0 fully saturated rings. The molecule has 0 spiro atoms. The number of anilines is 1. The Bertz CT molecular complexity index is 238. The molecule has 0 aliphatic heterocycles. The second kappa shape index (κ2) is 2.51. The first-order valence-electron chi connectivity index (χ1n) is 3.03. The van der Waals surface area contributed by atoms with E-state index in [9.17, 15) is 0 Å². The first kappa shape index (κ1) is 6.80. The normalized spacial score (nSPS) is 9.40. The van der Waals surface area contributed by atoms with Gasteiger partial charge in [0, 0.05) is 13.1 Å². The minimum atomic E-state index is 0.411. The zero-order valence-corrected chi connectivity index (χ0v) is 6.05. The summed E-state index contributed by atoms with van der Waals surface area (Å²) in [6.07, 6.45) is 1.66. The van der Waals surface area contributed by atoms with Crippen LogP contribution in [0, 0.1) is 5.41 Å². The Kier molecular flexibility index (Phi) is 1.71. The van der Waals surface area contributed by atoms with Gasteiger partial charge in [-0.1, -0.05) is 0 Å². The van der Waals surface area contributed by atoms with E-state index < -0.39 is 0 Å². The molecule has 0 radical (unpaired) electrons. The van der Waals surface area contributed by atoms with Gasteiger partial charge in [0.25, 0.3) is 0 Å². The summed E-state index contributed by atoms with van der Waals surface area (Å²) in [5.41, 5.74) is 0. The van der Waals surface area contributed by atoms with Gasteiger partial charge < -0.3 is 5.32 Å². The Morgan fingerprint density at radius 1 is 1.80 bits per heavy atom. The van der Waals surface area contributed by atoms with Crippen LogP contribution in [0.2, 0.25) is 0 Å². The van der Waals surface area contributed by atoms with Crippen molar-refractivity contribution in [1.82, 2.24) is 9.78 Å². The lowest BCUT2D eigenvalue weighted by molar-refractivity contribution is 0.922. The zero-order valence-electron chi connectivity index (χ0n) is 6.05. The average molecular weight is 138 g/mol. The molecular weight excluding hydrogens is 128 g/mol. The molecule has 0 saturated carbocycles. The molecule has 1 rings (SSSR count). The fraction of sp³-hybridized carbons (Fsp3) is 0.333. The van der Waals surface area contributed by atoms with E-state index in [-0.39, 0.29) is 0 Å². The summed E-state index contributed by atoms with van der Waals surface area (Å²) >= 11 is 0. The van der Waals surface area contributed by atoms with Gasteiger partial charge in [-0.25, -0.2) is 4.68 Å². The molecule has 0 amide bonds. The SMILES string of the molecule is CNc1ccnn1C(C)=N. The second-order valence-electron chi connectivity index (χ2n) is 1.96. The highest BCUT2D eigenvalue weighted by Crippen LogP contribution is 2.02. The highest BCUT2D eigenvalue weighted by atomic mass is 15.3. The molecule has 10 heavy (non-hydrogen) atoms. The van der Waals surface area contributed by atoms with E-state index in [4.69, 9.17) is 5.41 Å². The molecule has 1 heterocycles. The van der Waals surface area contributed by atoms with Crippen molar-refractivity contribution >= 4 is 11.7 Å². The van der Waals surface area contributed by atoms with Crippen LogP contribution in [0.5, 0.6) is 0 Å². The quantitative estimate of drug-likeness (QED) is 0.445. The third-order valence-corrected chi connectivity index (χ3v) is 1.22. The molecule has 0 saturated heterocycles. The van der Waals surface area contributed by atoms with Crippen molar-refractivity contribution in [3.05, 3.63) is 12.3 Å². The van der Waals surface area contributed by atoms with Gasteiger partial charge in [-0.3, -0.25) is 5.41 Å². The summed E-state index contributed by atoms with van der Waals surface area (Å²) in [5, 5.41) is 14.1. The zero-order chi connectivity index (χ0) is 7.56. The summed E-state index contributed by atoms with van der Waals surface area (Å²) in [7, 11) is 1.80. The van der Waals surface area contributed by atoms with E-state index in [0.29, 0.717) is 5.84 Å². The van der Waals surface area contributed by atoms with Crippen LogP contribution in [0.15, 0.2) is 12.3 Å². The summed E-state index contributed by atoms with van der Waals surface area (Å²) in [6.45, 7) is 1.69. The molecule has 0 aromatic carbocycles. The van der Waals surface area contributed by atoms with Crippen LogP contribution >= 0.6 is 0 Å². The fourth-order valence-corrected chi connectivity index (χ4v) is 0.760. The summed E-state index contributed by atoms with van der Waals surface area (Å²) in [5.74, 6) is 1.25. The summed E-state index contributed by atoms with van der Waals surface area (Å²) < 4.78 is 1.53. The van der Waals surface area contributed by atoms with E-state index in [1.807, 2.05) is 6.07 Å². The van der Waals surface area contributed by atoms with E-state index in [0.717, 1.165) is 5.82 Å². The first-order chi connectivity index (χ1) is 4.75. The largest absolute Gasteiger partial charge is 0.373 e. The van der Waals surface area contributed by atoms with Gasteiger partial charge in [0.15, 0.2) is 0 Å². The predicted octanol–water partition coefficient (Wildman–Crippen LogP) is 0.770. The number of hydrogen-bond acceptors (Lipinski definition) is 3. The Labute approximate surface area is 59.4 Å². The molecule has 54 valence electrons. The fourth-order valence-electron chi connectivity index (χ4n) is 0.760. The molecule has 0 atom stereocenters. The molecular formula is C6H10N4. The molecule has 0 aliphatic carbocycles. The lowest BCUT2D eigenvalue weighted by Gasteiger charge is -2.02. The number of hydrogen-bond donors (Lipinski definition) is 2. The number of rotatable bonds is 1. The summed E-state index contributed by atoms with van der Waals surface area (Å²) in [4.78, 5) is 0. The average Bonchev–Trinajstić information content (AvgIpc) is 2.33. The van der Waals surface area contributed by atoms with E-state index in [2.05, 4.69) is 10.4 Å². The lowest BCUT2D eigenvalue weighted by Crippen LogP contribution is -2.10. The van der Waals surface area contributed by atoms with Crippen molar-refractivity contribution in [3.8, 4) is 0 Å². The standard InChI is InChI=1S/C6H10N4/c1-5(7)10-6(8-2)3-4-9-10/h3-4,7-8H,1-2H3. The minimum Gasteiger partial charge on any atom is -0.373 e. The van der Waals surface area contributed by atoms with Crippen molar-refractivity contribution < 1.29 is 0 Å². The number of nitrogens with zero attached hydrogens (tertiary/aromatic N) is 2. The molecule has 1 aromatic rings. The van der Waals surface area contributed by atoms with Crippen LogP contribution in [0.25, 0.3) is 0 Å². The summed E-state index contributed by atoms with van der Waals surface area (Å²) in [6, 6.07) is 1.82. The van der Waals surface area contributed by atoms with Crippen LogP contribution in [-0.4, -0.2) is 22.7 Å². The van der Waals surface area contributed by atoms with Crippen LogP contribution < -0.4 is 5.32 Å². The van der Waals surface area contributed by atoms with Crippen LogP contribution in [0.1, 0.15) is 6.92 Å². The van der Waals surface area contributed by atoms with Crippen LogP contribution in [-0.2, 0) is 0 Å². The molecule has 4 heteroatoms. The predicted molar refractivity (Wildman–Crippen MR) is 40.6 cm³/mol. The van der Waals surface area contributed by atoms with Gasteiger partial charge in [-0.05, 0) is 6.92 Å². The van der Waals surface area contributed by atoms with E-state index >= 15 is 0 Å². The Morgan fingerprint density at radius 2 is 2.50 bits per heavy atom. The molecule has 4 nitrogen and oxygen atoms in total. The Morgan fingerprint density at radius 3 is 2.90 bits per heavy atom. The van der Waals surface area contributed by atoms with Gasteiger partial charge in [0.2, 0.25) is 0 Å². The van der Waals surface area contributed by atoms with E-state index in [1.165, 1.54) is 4.68 Å². The molecule has 1 aromatic heterocycles. The molecule has 0 bridgehead atoms. The van der Waals surface area contributed by atoms with Crippen molar-refractivity contribution in [2.75, 3.05) is 12.4 Å². The second-order valence-corrected chi connectivity index (χ2v) is 1.96. The van der Waals surface area contributed by atoms with Gasteiger partial charge >= 0.3 is 0 Å².